The molecule has 0 aliphatic heterocycles. The minimum absolute atomic E-state index is 0.0640. The van der Waals surface area contributed by atoms with Gasteiger partial charge in [0.15, 0.2) is 12.1 Å². The van der Waals surface area contributed by atoms with Crippen LogP contribution in [0.15, 0.2) is 24.3 Å². The van der Waals surface area contributed by atoms with E-state index in [9.17, 15) is 22.4 Å². The fourth-order valence-electron chi connectivity index (χ4n) is 4.15. The first kappa shape index (κ1) is 41.3. The Kier molecular flexibility index (Phi) is 17.0. The third-order valence-electron chi connectivity index (χ3n) is 6.87. The second-order valence-corrected chi connectivity index (χ2v) is 10.2. The summed E-state index contributed by atoms with van der Waals surface area (Å²) in [4.78, 5) is 16.0. The average molecular weight is 678 g/mol. The number of pyridine rings is 1. The Morgan fingerprint density at radius 1 is 1.12 bits per heavy atom. The molecule has 262 valence electrons. The first-order valence-electron chi connectivity index (χ1n) is 14.9. The summed E-state index contributed by atoms with van der Waals surface area (Å²) in [6.45, 7) is 9.54. The topological polar surface area (TPSA) is 151 Å². The molecule has 0 radical (unpaired) electrons. The normalized spacial score (nSPS) is 11.0. The van der Waals surface area contributed by atoms with Gasteiger partial charge < -0.3 is 37.6 Å². The first-order chi connectivity index (χ1) is 22.7. The fourth-order valence-corrected chi connectivity index (χ4v) is 4.15. The molecule has 1 unspecified atom stereocenters. The smallest absolute Gasteiger partial charge is 0.417 e. The van der Waals surface area contributed by atoms with Gasteiger partial charge in [0, 0.05) is 49.7 Å². The molecule has 48 heavy (non-hydrogen) atoms. The molecule has 2 aromatic carbocycles. The van der Waals surface area contributed by atoms with Crippen molar-refractivity contribution in [1.29, 1.82) is 5.41 Å². The van der Waals surface area contributed by atoms with Gasteiger partial charge in [-0.1, -0.05) is 13.0 Å². The Balaban J connectivity index is 0.00000113. The van der Waals surface area contributed by atoms with Crippen LogP contribution in [-0.4, -0.2) is 50.8 Å². The average Bonchev–Trinajstić information content (AvgIpc) is 3.06. The van der Waals surface area contributed by atoms with Crippen molar-refractivity contribution >= 4 is 29.6 Å². The van der Waals surface area contributed by atoms with Gasteiger partial charge >= 0.3 is 6.18 Å². The summed E-state index contributed by atoms with van der Waals surface area (Å²) < 4.78 is 78.3. The third kappa shape index (κ3) is 10.9. The highest BCUT2D eigenvalue weighted by Crippen LogP contribution is 2.44. The molecule has 9 nitrogen and oxygen atoms in total. The standard InChI is InChI=1S/C27H28F5N5O2.C4H6.C3H10N2/c1-5-13(2)39-26-18(12-38)24(36-11-15-6-7-20(35-4)16(8-15)10-33)23(29)25(37-26)17-9-19(34)22(28)14(3)21(17)27(30,31)32;1-3-4-2;1-5-3-2-4/h6-10,12-13,33,35H,5,11,34H2,1-4H3,(H,36,37);1-2H3;5H,2-4H2,1H3. The number of alkyl halides is 3. The lowest BCUT2D eigenvalue weighted by atomic mass is 9.95. The number of ether oxygens (including phenoxy) is 1. The van der Waals surface area contributed by atoms with Crippen molar-refractivity contribution in [3.05, 3.63) is 63.7 Å². The molecule has 1 aromatic heterocycles. The Morgan fingerprint density at radius 3 is 2.23 bits per heavy atom. The molecule has 0 aliphatic rings. The van der Waals surface area contributed by atoms with Crippen LogP contribution in [0.3, 0.4) is 0 Å². The number of anilines is 3. The van der Waals surface area contributed by atoms with E-state index in [2.05, 4.69) is 32.8 Å². The van der Waals surface area contributed by atoms with Gasteiger partial charge in [0.25, 0.3) is 0 Å². The van der Waals surface area contributed by atoms with Crippen LogP contribution < -0.4 is 32.2 Å². The maximum atomic E-state index is 16.0. The molecule has 8 N–H and O–H groups in total. The number of nitrogens with two attached hydrogens (primary N) is 2. The molecule has 1 heterocycles. The van der Waals surface area contributed by atoms with E-state index < -0.39 is 63.6 Å². The molecule has 3 aromatic rings. The zero-order valence-electron chi connectivity index (χ0n) is 28.2. The van der Waals surface area contributed by atoms with E-state index in [1.165, 1.54) is 0 Å². The summed E-state index contributed by atoms with van der Waals surface area (Å²) >= 11 is 0. The van der Waals surface area contributed by atoms with Crippen molar-refractivity contribution in [3.63, 3.8) is 0 Å². The molecule has 0 spiro atoms. The number of nitrogens with zero attached hydrogens (tertiary/aromatic N) is 1. The number of likely N-dealkylation sites (N-methyl/N-ethyl adjacent to an activating group) is 1. The fraction of sp³-hybridized carbons (Fsp3) is 0.382. The number of nitrogen functional groups attached to an aromatic ring is 1. The van der Waals surface area contributed by atoms with E-state index in [1.807, 2.05) is 20.9 Å². The zero-order valence-corrected chi connectivity index (χ0v) is 28.2. The van der Waals surface area contributed by atoms with Gasteiger partial charge in [0.05, 0.1) is 23.0 Å². The quantitative estimate of drug-likeness (QED) is 0.0404. The highest BCUT2D eigenvalue weighted by Gasteiger charge is 2.39. The van der Waals surface area contributed by atoms with Crippen LogP contribution in [-0.2, 0) is 12.7 Å². The summed E-state index contributed by atoms with van der Waals surface area (Å²) in [5.74, 6) is 2.42. The van der Waals surface area contributed by atoms with Gasteiger partial charge in [0.1, 0.15) is 17.1 Å². The molecule has 0 fully saturated rings. The highest BCUT2D eigenvalue weighted by molar-refractivity contribution is 5.90. The maximum absolute atomic E-state index is 16.0. The number of rotatable bonds is 12. The number of halogens is 5. The summed E-state index contributed by atoms with van der Waals surface area (Å²) in [5.41, 5.74) is 7.22. The van der Waals surface area contributed by atoms with Crippen LogP contribution in [0, 0.1) is 35.8 Å². The largest absolute Gasteiger partial charge is 0.474 e. The number of hydrogen-bond donors (Lipinski definition) is 6. The predicted molar refractivity (Wildman–Crippen MR) is 183 cm³/mol. The van der Waals surface area contributed by atoms with Crippen LogP contribution in [0.1, 0.15) is 66.7 Å². The Hall–Kier alpha value is -4.74. The maximum Gasteiger partial charge on any atom is 0.417 e. The molecule has 0 amide bonds. The molecule has 0 saturated carbocycles. The van der Waals surface area contributed by atoms with Crippen molar-refractivity contribution in [2.45, 2.75) is 59.9 Å². The second kappa shape index (κ2) is 19.8. The van der Waals surface area contributed by atoms with Gasteiger partial charge in [-0.15, -0.1) is 11.8 Å². The number of carbonyl (C=O) groups excluding carboxylic acids is 1. The van der Waals surface area contributed by atoms with Crippen LogP contribution >= 0.6 is 0 Å². The molecule has 14 heteroatoms. The highest BCUT2D eigenvalue weighted by atomic mass is 19.4. The van der Waals surface area contributed by atoms with Gasteiger partial charge in [-0.05, 0) is 70.5 Å². The number of nitrogens with one attached hydrogen (secondary N) is 4. The van der Waals surface area contributed by atoms with E-state index in [-0.39, 0.29) is 12.1 Å². The molecule has 0 saturated heterocycles. The lowest BCUT2D eigenvalue weighted by Gasteiger charge is -2.22. The number of hydrogen-bond acceptors (Lipinski definition) is 9. The molecular weight excluding hydrogens is 633 g/mol. The lowest BCUT2D eigenvalue weighted by molar-refractivity contribution is -0.137. The molecule has 0 aliphatic carbocycles. The summed E-state index contributed by atoms with van der Waals surface area (Å²) in [6, 6.07) is 5.70. The van der Waals surface area contributed by atoms with Gasteiger partial charge in [-0.25, -0.2) is 13.8 Å². The van der Waals surface area contributed by atoms with E-state index in [4.69, 9.17) is 21.6 Å². The monoisotopic (exact) mass is 677 g/mol. The number of benzene rings is 2. The summed E-state index contributed by atoms with van der Waals surface area (Å²) in [5, 5.41) is 16.2. The predicted octanol–water partition coefficient (Wildman–Crippen LogP) is 6.77. The van der Waals surface area contributed by atoms with E-state index in [0.29, 0.717) is 35.6 Å². The summed E-state index contributed by atoms with van der Waals surface area (Å²) in [7, 11) is 3.56. The Labute approximate surface area is 278 Å². The van der Waals surface area contributed by atoms with Crippen LogP contribution in [0.5, 0.6) is 5.88 Å². The number of carbonyl (C=O) groups is 1. The minimum atomic E-state index is -5.07. The van der Waals surface area contributed by atoms with E-state index in [0.717, 1.165) is 26.2 Å². The number of aldehydes is 1. The molecular formula is C34H44F5N7O2. The lowest BCUT2D eigenvalue weighted by Crippen LogP contribution is -2.17. The van der Waals surface area contributed by atoms with Crippen molar-refractivity contribution in [2.24, 2.45) is 5.73 Å². The van der Waals surface area contributed by atoms with Crippen molar-refractivity contribution in [3.8, 4) is 29.0 Å². The molecule has 1 atom stereocenters. The van der Waals surface area contributed by atoms with E-state index in [1.54, 1.807) is 39.1 Å². The van der Waals surface area contributed by atoms with Crippen LogP contribution in [0.4, 0.5) is 39.0 Å². The Morgan fingerprint density at radius 2 is 1.77 bits per heavy atom. The van der Waals surface area contributed by atoms with Gasteiger partial charge in [-0.2, -0.15) is 13.2 Å². The van der Waals surface area contributed by atoms with Crippen molar-refractivity contribution in [1.82, 2.24) is 10.3 Å². The molecule has 0 bridgehead atoms. The van der Waals surface area contributed by atoms with Crippen molar-refractivity contribution in [2.75, 3.05) is 43.6 Å². The van der Waals surface area contributed by atoms with E-state index >= 15 is 4.39 Å². The third-order valence-corrected chi connectivity index (χ3v) is 6.87. The first-order valence-corrected chi connectivity index (χ1v) is 14.9. The SMILES string of the molecule is CC#CC.CCC(C)Oc1nc(-c2cc(N)c(F)c(C)c2C(F)(F)F)c(F)c(NCc2ccc(NC)c(C=N)c2)c1C=O.CNCCN. The number of aromatic nitrogens is 1. The minimum Gasteiger partial charge on any atom is -0.474 e. The van der Waals surface area contributed by atoms with Gasteiger partial charge in [0.2, 0.25) is 5.88 Å². The Bertz CT molecular complexity index is 1590. The molecule has 3 rings (SSSR count). The second-order valence-electron chi connectivity index (χ2n) is 10.2. The van der Waals surface area contributed by atoms with Crippen molar-refractivity contribution < 1.29 is 31.5 Å². The van der Waals surface area contributed by atoms with Crippen LogP contribution in [0.25, 0.3) is 11.3 Å². The van der Waals surface area contributed by atoms with Crippen LogP contribution in [0.2, 0.25) is 0 Å². The van der Waals surface area contributed by atoms with Gasteiger partial charge in [-0.3, -0.25) is 4.79 Å². The summed E-state index contributed by atoms with van der Waals surface area (Å²) in [6.07, 6.45) is -3.73. The zero-order chi connectivity index (χ0) is 36.6.